The summed E-state index contributed by atoms with van der Waals surface area (Å²) in [6.07, 6.45) is 1.39. The van der Waals surface area contributed by atoms with E-state index in [4.69, 9.17) is 16.1 Å². The fourth-order valence-corrected chi connectivity index (χ4v) is 1.61. The van der Waals surface area contributed by atoms with E-state index in [9.17, 15) is 4.79 Å². The summed E-state index contributed by atoms with van der Waals surface area (Å²) in [5.41, 5.74) is 2.05. The lowest BCUT2D eigenvalue weighted by Gasteiger charge is -2.07. The minimum absolute atomic E-state index is 0.255. The van der Waals surface area contributed by atoms with Gasteiger partial charge in [-0.1, -0.05) is 22.8 Å². The highest BCUT2D eigenvalue weighted by atomic mass is 35.5. The largest absolute Gasteiger partial charge is 0.361 e. The highest BCUT2D eigenvalue weighted by molar-refractivity contribution is 6.31. The number of nitrogens with zero attached hydrogens (tertiary/aromatic N) is 1. The van der Waals surface area contributed by atoms with Gasteiger partial charge in [-0.25, -0.2) is 0 Å². The summed E-state index contributed by atoms with van der Waals surface area (Å²) in [5, 5.41) is 6.91. The van der Waals surface area contributed by atoms with Gasteiger partial charge in [0.15, 0.2) is 0 Å². The van der Waals surface area contributed by atoms with Crippen molar-refractivity contribution < 1.29 is 9.32 Å². The van der Waals surface area contributed by atoms with E-state index in [1.54, 1.807) is 19.1 Å². The molecule has 88 valence electrons. The van der Waals surface area contributed by atoms with Gasteiger partial charge in [0.05, 0.1) is 6.20 Å². The Morgan fingerprint density at radius 2 is 2.18 bits per heavy atom. The molecule has 0 saturated heterocycles. The van der Waals surface area contributed by atoms with Crippen molar-refractivity contribution in [2.75, 3.05) is 5.32 Å². The summed E-state index contributed by atoms with van der Waals surface area (Å²) in [6.45, 7) is 3.58. The van der Waals surface area contributed by atoms with Gasteiger partial charge in [0.25, 0.3) is 5.91 Å². The van der Waals surface area contributed by atoms with Gasteiger partial charge in [-0.05, 0) is 31.5 Å². The molecule has 0 fully saturated rings. The summed E-state index contributed by atoms with van der Waals surface area (Å²) < 4.78 is 4.84. The van der Waals surface area contributed by atoms with Gasteiger partial charge in [0, 0.05) is 10.7 Å². The molecule has 0 spiro atoms. The Morgan fingerprint density at radius 3 is 2.82 bits per heavy atom. The fraction of sp³-hybridized carbons (Fsp3) is 0.167. The van der Waals surface area contributed by atoms with E-state index in [2.05, 4.69) is 10.5 Å². The lowest BCUT2D eigenvalue weighted by Crippen LogP contribution is -2.13. The van der Waals surface area contributed by atoms with Crippen molar-refractivity contribution in [3.63, 3.8) is 0 Å². The van der Waals surface area contributed by atoms with Gasteiger partial charge < -0.3 is 9.84 Å². The van der Waals surface area contributed by atoms with Crippen LogP contribution in [0.4, 0.5) is 5.69 Å². The van der Waals surface area contributed by atoms with Gasteiger partial charge in [0.2, 0.25) is 0 Å². The van der Waals surface area contributed by atoms with Crippen molar-refractivity contribution in [3.05, 3.63) is 46.3 Å². The average Bonchev–Trinajstić information content (AvgIpc) is 2.70. The molecule has 0 bridgehead atoms. The number of hydrogen-bond acceptors (Lipinski definition) is 3. The van der Waals surface area contributed by atoms with Gasteiger partial charge in [0.1, 0.15) is 11.3 Å². The van der Waals surface area contributed by atoms with Crippen LogP contribution in [-0.2, 0) is 0 Å². The monoisotopic (exact) mass is 250 g/mol. The first kappa shape index (κ1) is 11.7. The highest BCUT2D eigenvalue weighted by Crippen LogP contribution is 2.21. The molecule has 0 aliphatic heterocycles. The molecule has 0 radical (unpaired) electrons. The number of aromatic nitrogens is 1. The van der Waals surface area contributed by atoms with Gasteiger partial charge in [-0.15, -0.1) is 0 Å². The number of amides is 1. The van der Waals surface area contributed by atoms with E-state index in [1.165, 1.54) is 6.20 Å². The van der Waals surface area contributed by atoms with Crippen LogP contribution in [0.2, 0.25) is 5.02 Å². The Hall–Kier alpha value is -1.81. The normalized spacial score (nSPS) is 10.3. The van der Waals surface area contributed by atoms with Crippen molar-refractivity contribution in [2.45, 2.75) is 13.8 Å². The number of anilines is 1. The number of nitrogens with one attached hydrogen (secondary N) is 1. The molecular weight excluding hydrogens is 240 g/mol. The lowest BCUT2D eigenvalue weighted by atomic mass is 10.2. The Labute approximate surface area is 104 Å². The smallest absolute Gasteiger partial charge is 0.260 e. The molecule has 5 heteroatoms. The van der Waals surface area contributed by atoms with Crippen LogP contribution in [0.1, 0.15) is 21.7 Å². The predicted octanol–water partition coefficient (Wildman–Crippen LogP) is 3.20. The van der Waals surface area contributed by atoms with Crippen LogP contribution < -0.4 is 5.32 Å². The van der Waals surface area contributed by atoms with E-state index >= 15 is 0 Å². The number of benzene rings is 1. The predicted molar refractivity (Wildman–Crippen MR) is 65.4 cm³/mol. The maximum Gasteiger partial charge on any atom is 0.260 e. The molecule has 0 aliphatic carbocycles. The molecule has 0 aliphatic rings. The zero-order chi connectivity index (χ0) is 12.4. The van der Waals surface area contributed by atoms with E-state index in [0.717, 1.165) is 5.56 Å². The number of carbonyl (C=O) groups excluding carboxylic acids is 1. The van der Waals surface area contributed by atoms with E-state index in [-0.39, 0.29) is 5.91 Å². The van der Waals surface area contributed by atoms with Crippen LogP contribution >= 0.6 is 11.6 Å². The molecule has 1 heterocycles. The van der Waals surface area contributed by atoms with Crippen LogP contribution in [0.15, 0.2) is 28.9 Å². The molecule has 4 nitrogen and oxygen atoms in total. The molecule has 1 aromatic heterocycles. The topological polar surface area (TPSA) is 55.1 Å². The molecular formula is C12H11ClN2O2. The van der Waals surface area contributed by atoms with E-state index < -0.39 is 0 Å². The van der Waals surface area contributed by atoms with Gasteiger partial charge in [-0.2, -0.15) is 0 Å². The van der Waals surface area contributed by atoms with Crippen LogP contribution in [0.5, 0.6) is 0 Å². The molecule has 0 saturated carbocycles. The molecule has 1 amide bonds. The Kier molecular flexibility index (Phi) is 3.15. The van der Waals surface area contributed by atoms with Crippen molar-refractivity contribution in [1.82, 2.24) is 5.16 Å². The Morgan fingerprint density at radius 1 is 1.41 bits per heavy atom. The molecule has 17 heavy (non-hydrogen) atoms. The van der Waals surface area contributed by atoms with Crippen LogP contribution in [0.25, 0.3) is 0 Å². The summed E-state index contributed by atoms with van der Waals surface area (Å²) in [7, 11) is 0. The van der Waals surface area contributed by atoms with Crippen LogP contribution in [0.3, 0.4) is 0 Å². The van der Waals surface area contributed by atoms with Crippen molar-refractivity contribution in [2.24, 2.45) is 0 Å². The summed E-state index contributed by atoms with van der Waals surface area (Å²) >= 11 is 5.87. The third kappa shape index (κ3) is 2.47. The van der Waals surface area contributed by atoms with Crippen molar-refractivity contribution in [1.29, 1.82) is 0 Å². The number of halogens is 1. The molecule has 1 aromatic carbocycles. The molecule has 2 aromatic rings. The SMILES string of the molecule is Cc1ccc(Cl)cc1NC(=O)c1cnoc1C. The minimum Gasteiger partial charge on any atom is -0.361 e. The van der Waals surface area contributed by atoms with Gasteiger partial charge in [-0.3, -0.25) is 4.79 Å². The third-order valence-electron chi connectivity index (χ3n) is 2.44. The Balaban J connectivity index is 2.24. The van der Waals surface area contributed by atoms with Crippen LogP contribution in [0, 0.1) is 13.8 Å². The molecule has 0 atom stereocenters. The lowest BCUT2D eigenvalue weighted by molar-refractivity contribution is 0.102. The second-order valence-electron chi connectivity index (χ2n) is 3.71. The summed E-state index contributed by atoms with van der Waals surface area (Å²) in [5.74, 6) is 0.233. The quantitative estimate of drug-likeness (QED) is 0.891. The van der Waals surface area contributed by atoms with Crippen molar-refractivity contribution >= 4 is 23.2 Å². The summed E-state index contributed by atoms with van der Waals surface area (Å²) in [4.78, 5) is 11.9. The number of carbonyl (C=O) groups is 1. The van der Waals surface area contributed by atoms with Gasteiger partial charge >= 0.3 is 0 Å². The van der Waals surface area contributed by atoms with Crippen LogP contribution in [-0.4, -0.2) is 11.1 Å². The summed E-state index contributed by atoms with van der Waals surface area (Å²) in [6, 6.07) is 5.33. The molecule has 0 unspecified atom stereocenters. The maximum atomic E-state index is 11.9. The number of aryl methyl sites for hydroxylation is 2. The molecule has 2 rings (SSSR count). The van der Waals surface area contributed by atoms with Crippen molar-refractivity contribution in [3.8, 4) is 0 Å². The molecule has 1 N–H and O–H groups in total. The first-order chi connectivity index (χ1) is 8.08. The third-order valence-corrected chi connectivity index (χ3v) is 2.68. The first-order valence-corrected chi connectivity index (χ1v) is 5.44. The number of hydrogen-bond donors (Lipinski definition) is 1. The first-order valence-electron chi connectivity index (χ1n) is 5.06. The Bertz CT molecular complexity index is 563. The fourth-order valence-electron chi connectivity index (χ4n) is 1.44. The van der Waals surface area contributed by atoms with E-state index in [1.807, 2.05) is 13.0 Å². The highest BCUT2D eigenvalue weighted by Gasteiger charge is 2.13. The zero-order valence-electron chi connectivity index (χ0n) is 9.45. The number of rotatable bonds is 2. The second kappa shape index (κ2) is 4.59. The average molecular weight is 251 g/mol. The maximum absolute atomic E-state index is 11.9. The van der Waals surface area contributed by atoms with E-state index in [0.29, 0.717) is 22.0 Å². The standard InChI is InChI=1S/C12H11ClN2O2/c1-7-3-4-9(13)5-11(7)15-12(16)10-6-14-17-8(10)2/h3-6H,1-2H3,(H,15,16). The zero-order valence-corrected chi connectivity index (χ0v) is 10.2. The second-order valence-corrected chi connectivity index (χ2v) is 4.15. The minimum atomic E-state index is -0.255.